The van der Waals surface area contributed by atoms with Gasteiger partial charge in [0.05, 0.1) is 73.8 Å². The SMILES string of the molecule is COC(=O)C1=C(C(=O)OC)SC(=Cc2cc(C#C[Si](C(C)C)(C(C)C)C(C)C)c(C=C3SC(C(=O)OC)=C(C(=O)OC)S3)cc2C#Cc2ccc(C#Cc3cc(C=C4SC(C(=O)OC)=C(C(=O)OC)S4)c(C#C[Si](C(C)C)(C(C)C)C(C)C)cc3C=C3SC(C(=O)OC)=C(C(=O)OC)S3)cc2)S1. The van der Waals surface area contributed by atoms with Gasteiger partial charge in [0.25, 0.3) is 0 Å². The summed E-state index contributed by atoms with van der Waals surface area (Å²) in [5.41, 5.74) is 15.4. The third kappa shape index (κ3) is 18.7. The molecule has 4 aliphatic heterocycles. The lowest BCUT2D eigenvalue weighted by molar-refractivity contribution is -0.138. The van der Waals surface area contributed by atoms with Gasteiger partial charge in [-0.3, -0.25) is 0 Å². The normalized spacial score (nSPS) is 14.5. The summed E-state index contributed by atoms with van der Waals surface area (Å²) in [5.74, 6) is 15.2. The second-order valence-corrected chi connectivity index (χ2v) is 45.3. The van der Waals surface area contributed by atoms with E-state index in [4.69, 9.17) is 37.9 Å². The van der Waals surface area contributed by atoms with Gasteiger partial charge < -0.3 is 37.9 Å². The van der Waals surface area contributed by atoms with Crippen molar-refractivity contribution < 1.29 is 76.3 Å². The molecule has 0 N–H and O–H groups in total. The maximum atomic E-state index is 13.2. The third-order valence-electron chi connectivity index (χ3n) is 17.1. The van der Waals surface area contributed by atoms with Crippen LogP contribution >= 0.6 is 94.1 Å². The van der Waals surface area contributed by atoms with Gasteiger partial charge in [-0.1, -0.05) is 213 Å². The second-order valence-electron chi connectivity index (χ2n) is 24.7. The van der Waals surface area contributed by atoms with Gasteiger partial charge in [-0.2, -0.15) is 0 Å². The van der Waals surface area contributed by atoms with E-state index in [0.29, 0.717) is 72.6 Å². The fourth-order valence-electron chi connectivity index (χ4n) is 12.1. The average Bonchev–Trinajstić information content (AvgIpc) is 1.03. The first-order valence-electron chi connectivity index (χ1n) is 31.9. The highest BCUT2D eigenvalue weighted by Crippen LogP contribution is 2.55. The molecular formula is C76H78O16S8Si2. The Hall–Kier alpha value is -7.19. The smallest absolute Gasteiger partial charge is 0.346 e. The number of methoxy groups -OCH3 is 8. The molecule has 16 nitrogen and oxygen atoms in total. The average molecular weight is 1560 g/mol. The lowest BCUT2D eigenvalue weighted by Gasteiger charge is -2.38. The van der Waals surface area contributed by atoms with Crippen LogP contribution in [0.1, 0.15) is 139 Å². The van der Waals surface area contributed by atoms with Crippen LogP contribution in [0.3, 0.4) is 0 Å². The van der Waals surface area contributed by atoms with Crippen molar-refractivity contribution in [2.45, 2.75) is 116 Å². The van der Waals surface area contributed by atoms with Crippen molar-refractivity contribution in [1.82, 2.24) is 0 Å². The molecule has 7 rings (SSSR count). The van der Waals surface area contributed by atoms with Crippen LogP contribution in [-0.4, -0.2) is 121 Å². The van der Waals surface area contributed by atoms with Crippen LogP contribution in [0.25, 0.3) is 24.3 Å². The number of benzene rings is 3. The quantitative estimate of drug-likeness (QED) is 0.0501. The zero-order valence-electron chi connectivity index (χ0n) is 60.2. The van der Waals surface area contributed by atoms with Crippen LogP contribution < -0.4 is 0 Å². The molecule has 0 radical (unpaired) electrons. The summed E-state index contributed by atoms with van der Waals surface area (Å²) in [4.78, 5) is 106. The molecule has 0 saturated heterocycles. The maximum absolute atomic E-state index is 13.2. The lowest BCUT2D eigenvalue weighted by Crippen LogP contribution is -2.43. The molecule has 102 heavy (non-hydrogen) atoms. The van der Waals surface area contributed by atoms with Crippen molar-refractivity contribution in [2.75, 3.05) is 56.9 Å². The van der Waals surface area contributed by atoms with E-state index in [1.165, 1.54) is 56.9 Å². The van der Waals surface area contributed by atoms with Crippen molar-refractivity contribution >= 4 is 182 Å². The Balaban J connectivity index is 1.45. The molecule has 534 valence electrons. The molecule has 0 aliphatic carbocycles. The van der Waals surface area contributed by atoms with Gasteiger partial charge in [-0.05, 0) is 128 Å². The van der Waals surface area contributed by atoms with E-state index in [-0.39, 0.29) is 72.5 Å². The lowest BCUT2D eigenvalue weighted by atomic mass is 9.98. The molecule has 0 aromatic heterocycles. The number of rotatable bonds is 18. The summed E-state index contributed by atoms with van der Waals surface area (Å²) in [6.07, 6.45) is 7.39. The molecule has 0 fully saturated rings. The van der Waals surface area contributed by atoms with Crippen molar-refractivity contribution in [3.8, 4) is 46.6 Å². The second kappa shape index (κ2) is 36.5. The van der Waals surface area contributed by atoms with E-state index < -0.39 is 63.9 Å². The topological polar surface area (TPSA) is 210 Å². The van der Waals surface area contributed by atoms with Crippen LogP contribution in [0.2, 0.25) is 33.2 Å². The standard InChI is InChI=1S/C76H78O16S8Si2/c1-41(2)101(42(3)4,43(5)6)31-29-51-35-53(37-57-93-61(69(77)85-13)62(94-57)70(78)86-14)49(33-55(51)39-59-97-65(73(81)89-17)66(98-59)74(82)90-18)27-25-47-21-23-48(24-22-47)26-28-50-34-56(40-60-99-67(75(83)91-19)68(100-60)76(84)92-20)52(30-32-102(44(7)8,45(9)10)46(11)12)36-54(50)38-58-95-63(71(79)87-15)64(96-58)72(80)88-16/h21-24,33-46H,1-20H3. The molecule has 0 saturated carbocycles. The minimum atomic E-state index is -2.38. The monoisotopic (exact) mass is 1560 g/mol. The fraction of sp³-hybridized carbons (Fsp3) is 0.342. The predicted octanol–water partition coefficient (Wildman–Crippen LogP) is 17.0. The molecular weight excluding hydrogens is 1480 g/mol. The van der Waals surface area contributed by atoms with Gasteiger partial charge in [-0.15, -0.1) is 11.1 Å². The Morgan fingerprint density at radius 3 is 0.608 bits per heavy atom. The predicted molar refractivity (Wildman–Crippen MR) is 424 cm³/mol. The summed E-state index contributed by atoms with van der Waals surface area (Å²) in [7, 11) is 5.15. The zero-order chi connectivity index (χ0) is 75.2. The first-order chi connectivity index (χ1) is 48.4. The highest BCUT2D eigenvalue weighted by Gasteiger charge is 2.44. The number of esters is 8. The fourth-order valence-corrected chi connectivity index (χ4v) is 32.1. The molecule has 26 heteroatoms. The highest BCUT2D eigenvalue weighted by atomic mass is 32.2. The van der Waals surface area contributed by atoms with Gasteiger partial charge in [0.15, 0.2) is 0 Å². The van der Waals surface area contributed by atoms with E-state index >= 15 is 0 Å². The Bertz CT molecular complexity index is 4050. The molecule has 3 aromatic rings. The Morgan fingerprint density at radius 2 is 0.451 bits per heavy atom. The minimum Gasteiger partial charge on any atom is -0.465 e. The van der Waals surface area contributed by atoms with Crippen molar-refractivity contribution in [2.24, 2.45) is 0 Å². The summed E-state index contributed by atoms with van der Waals surface area (Å²) >= 11 is 8.58. The van der Waals surface area contributed by atoms with Crippen LogP contribution in [0.15, 0.2) is 105 Å². The van der Waals surface area contributed by atoms with Gasteiger partial charge >= 0.3 is 47.8 Å². The molecule has 3 aromatic carbocycles. The summed E-state index contributed by atoms with van der Waals surface area (Å²) in [6.45, 7) is 26.7. The van der Waals surface area contributed by atoms with E-state index in [0.717, 1.165) is 94.1 Å². The highest BCUT2D eigenvalue weighted by molar-refractivity contribution is 8.31. The number of hydrogen-bond acceptors (Lipinski definition) is 24. The molecule has 4 heterocycles. The zero-order valence-corrected chi connectivity index (χ0v) is 68.7. The largest absolute Gasteiger partial charge is 0.465 e. The van der Waals surface area contributed by atoms with Crippen LogP contribution in [0, 0.1) is 46.6 Å². The molecule has 0 amide bonds. The number of ether oxygens (including phenoxy) is 8. The Kier molecular flexibility index (Phi) is 29.4. The van der Waals surface area contributed by atoms with Crippen molar-refractivity contribution in [3.05, 3.63) is 160 Å². The molecule has 0 unspecified atom stereocenters. The van der Waals surface area contributed by atoms with Crippen LogP contribution in [0.5, 0.6) is 0 Å². The van der Waals surface area contributed by atoms with Gasteiger partial charge in [0.1, 0.15) is 55.4 Å². The Labute approximate surface area is 633 Å². The number of hydrogen-bond donors (Lipinski definition) is 0. The number of carbonyl (C=O) groups excluding carboxylic acids is 8. The summed E-state index contributed by atoms with van der Waals surface area (Å²) in [5, 5.41) is 0. The number of thioether (sulfide) groups is 8. The van der Waals surface area contributed by atoms with Crippen LogP contribution in [-0.2, 0) is 76.3 Å². The van der Waals surface area contributed by atoms with Crippen molar-refractivity contribution in [3.63, 3.8) is 0 Å². The first-order valence-corrected chi connectivity index (χ1v) is 42.9. The minimum absolute atomic E-state index is 0.0682. The van der Waals surface area contributed by atoms with Gasteiger partial charge in [0.2, 0.25) is 0 Å². The van der Waals surface area contributed by atoms with E-state index in [2.05, 4.69) is 130 Å². The van der Waals surface area contributed by atoms with Crippen LogP contribution in [0.4, 0.5) is 0 Å². The van der Waals surface area contributed by atoms with Gasteiger partial charge in [-0.25, -0.2) is 38.4 Å². The molecule has 0 atom stereocenters. The summed E-state index contributed by atoms with van der Waals surface area (Å²) in [6, 6.07) is 14.9. The summed E-state index contributed by atoms with van der Waals surface area (Å²) < 4.78 is 43.0. The molecule has 0 bridgehead atoms. The third-order valence-corrected chi connectivity index (χ3v) is 39.3. The van der Waals surface area contributed by atoms with E-state index in [9.17, 15) is 38.4 Å². The maximum Gasteiger partial charge on any atom is 0.346 e. The Morgan fingerprint density at radius 1 is 0.284 bits per heavy atom. The van der Waals surface area contributed by atoms with E-state index in [1.807, 2.05) is 72.8 Å². The van der Waals surface area contributed by atoms with E-state index in [1.54, 1.807) is 0 Å². The molecule has 4 aliphatic rings. The van der Waals surface area contributed by atoms with Crippen molar-refractivity contribution in [1.29, 1.82) is 0 Å². The first kappa shape index (κ1) is 82.1. The molecule has 0 spiro atoms. The van der Waals surface area contributed by atoms with Gasteiger partial charge in [0, 0.05) is 33.4 Å². The number of carbonyl (C=O) groups is 8.